The van der Waals surface area contributed by atoms with Crippen molar-refractivity contribution in [1.29, 1.82) is 0 Å². The maximum absolute atomic E-state index is 12.4. The van der Waals surface area contributed by atoms with Crippen LogP contribution in [0.1, 0.15) is 24.9 Å². The third-order valence-electron chi connectivity index (χ3n) is 4.73. The molecule has 2 aromatic rings. The average Bonchev–Trinajstić information content (AvgIpc) is 2.69. The van der Waals surface area contributed by atoms with Crippen molar-refractivity contribution in [2.24, 2.45) is 0 Å². The van der Waals surface area contributed by atoms with Gasteiger partial charge in [0.2, 0.25) is 5.91 Å². The van der Waals surface area contributed by atoms with Crippen LogP contribution in [0.5, 0.6) is 0 Å². The number of anilines is 1. The molecule has 1 amide bonds. The van der Waals surface area contributed by atoms with Crippen molar-refractivity contribution >= 4 is 11.6 Å². The van der Waals surface area contributed by atoms with Crippen LogP contribution in [0.15, 0.2) is 54.9 Å². The van der Waals surface area contributed by atoms with E-state index in [-0.39, 0.29) is 11.9 Å². The highest BCUT2D eigenvalue weighted by Crippen LogP contribution is 2.16. The van der Waals surface area contributed by atoms with Gasteiger partial charge < -0.3 is 15.1 Å². The van der Waals surface area contributed by atoms with Gasteiger partial charge in [0.1, 0.15) is 0 Å². The Hall–Kier alpha value is -2.40. The van der Waals surface area contributed by atoms with E-state index in [0.29, 0.717) is 13.0 Å². The van der Waals surface area contributed by atoms with Crippen LogP contribution in [-0.4, -0.2) is 48.5 Å². The number of pyridine rings is 1. The Kier molecular flexibility index (Phi) is 6.01. The number of aromatic nitrogens is 1. The molecule has 1 aliphatic heterocycles. The summed E-state index contributed by atoms with van der Waals surface area (Å²) in [4.78, 5) is 20.9. The molecule has 1 saturated heterocycles. The molecule has 1 aliphatic rings. The fourth-order valence-electron chi connectivity index (χ4n) is 3.16. The summed E-state index contributed by atoms with van der Waals surface area (Å²) in [7, 11) is 0. The molecule has 0 unspecified atom stereocenters. The minimum absolute atomic E-state index is 0.205. The van der Waals surface area contributed by atoms with Gasteiger partial charge in [-0.05, 0) is 30.7 Å². The lowest BCUT2D eigenvalue weighted by molar-refractivity contribution is -0.131. The lowest BCUT2D eigenvalue weighted by atomic mass is 10.1. The highest BCUT2D eigenvalue weighted by Gasteiger charge is 2.20. The summed E-state index contributed by atoms with van der Waals surface area (Å²) >= 11 is 0. The molecule has 1 N–H and O–H groups in total. The molecule has 0 bridgehead atoms. The molecule has 132 valence electrons. The zero-order valence-corrected chi connectivity index (χ0v) is 14.8. The minimum atomic E-state index is 0.205. The smallest absolute Gasteiger partial charge is 0.223 e. The number of carbonyl (C=O) groups excluding carboxylic acids is 1. The van der Waals surface area contributed by atoms with Gasteiger partial charge in [0.15, 0.2) is 0 Å². The summed E-state index contributed by atoms with van der Waals surface area (Å²) in [5.74, 6) is 0.235. The van der Waals surface area contributed by atoms with Gasteiger partial charge in [0.05, 0.1) is 0 Å². The van der Waals surface area contributed by atoms with Crippen LogP contribution in [-0.2, 0) is 4.79 Å². The second kappa shape index (κ2) is 8.62. The Morgan fingerprint density at radius 2 is 1.88 bits per heavy atom. The molecule has 25 heavy (non-hydrogen) atoms. The van der Waals surface area contributed by atoms with Crippen molar-refractivity contribution in [3.8, 4) is 0 Å². The van der Waals surface area contributed by atoms with Crippen LogP contribution >= 0.6 is 0 Å². The summed E-state index contributed by atoms with van der Waals surface area (Å²) in [5.41, 5.74) is 2.38. The van der Waals surface area contributed by atoms with E-state index in [2.05, 4.69) is 52.5 Å². The first-order valence-corrected chi connectivity index (χ1v) is 8.95. The Labute approximate surface area is 149 Å². The van der Waals surface area contributed by atoms with Crippen molar-refractivity contribution in [2.45, 2.75) is 19.4 Å². The number of para-hydroxylation sites is 1. The monoisotopic (exact) mass is 338 g/mol. The third-order valence-corrected chi connectivity index (χ3v) is 4.73. The molecular weight excluding hydrogens is 312 g/mol. The van der Waals surface area contributed by atoms with Crippen molar-refractivity contribution in [3.63, 3.8) is 0 Å². The van der Waals surface area contributed by atoms with Gasteiger partial charge in [-0.1, -0.05) is 24.3 Å². The lowest BCUT2D eigenvalue weighted by Gasteiger charge is -2.36. The Morgan fingerprint density at radius 1 is 1.12 bits per heavy atom. The second-order valence-electron chi connectivity index (χ2n) is 6.42. The molecule has 5 heteroatoms. The molecule has 0 saturated carbocycles. The number of carbonyl (C=O) groups is 1. The van der Waals surface area contributed by atoms with Gasteiger partial charge >= 0.3 is 0 Å². The van der Waals surface area contributed by atoms with Gasteiger partial charge in [-0.2, -0.15) is 0 Å². The van der Waals surface area contributed by atoms with E-state index in [1.54, 1.807) is 6.20 Å². The quantitative estimate of drug-likeness (QED) is 0.879. The molecular formula is C20H26N4O. The summed E-state index contributed by atoms with van der Waals surface area (Å²) in [6.07, 6.45) is 4.17. The first kappa shape index (κ1) is 17.4. The van der Waals surface area contributed by atoms with Gasteiger partial charge in [-0.3, -0.25) is 9.78 Å². The van der Waals surface area contributed by atoms with E-state index in [9.17, 15) is 4.79 Å². The first-order valence-electron chi connectivity index (χ1n) is 8.95. The molecule has 0 aliphatic carbocycles. The highest BCUT2D eigenvalue weighted by atomic mass is 16.2. The lowest BCUT2D eigenvalue weighted by Crippen LogP contribution is -2.49. The van der Waals surface area contributed by atoms with Crippen molar-refractivity contribution in [3.05, 3.63) is 60.4 Å². The fourth-order valence-corrected chi connectivity index (χ4v) is 3.16. The molecule has 1 atom stereocenters. The van der Waals surface area contributed by atoms with E-state index >= 15 is 0 Å². The predicted octanol–water partition coefficient (Wildman–Crippen LogP) is 2.47. The minimum Gasteiger partial charge on any atom is -0.368 e. The number of hydrogen-bond donors (Lipinski definition) is 1. The van der Waals surface area contributed by atoms with Crippen LogP contribution in [0.25, 0.3) is 0 Å². The van der Waals surface area contributed by atoms with E-state index < -0.39 is 0 Å². The van der Waals surface area contributed by atoms with Gasteiger partial charge in [0, 0.05) is 63.3 Å². The van der Waals surface area contributed by atoms with E-state index in [1.165, 1.54) is 5.69 Å². The molecule has 5 nitrogen and oxygen atoms in total. The number of nitrogens with zero attached hydrogens (tertiary/aromatic N) is 3. The van der Waals surface area contributed by atoms with Gasteiger partial charge in [0.25, 0.3) is 0 Å². The van der Waals surface area contributed by atoms with Crippen LogP contribution in [0, 0.1) is 0 Å². The first-order chi connectivity index (χ1) is 12.2. The molecule has 0 radical (unpaired) electrons. The van der Waals surface area contributed by atoms with Crippen molar-refractivity contribution in [1.82, 2.24) is 15.2 Å². The maximum Gasteiger partial charge on any atom is 0.223 e. The Morgan fingerprint density at radius 3 is 2.56 bits per heavy atom. The zero-order valence-electron chi connectivity index (χ0n) is 14.8. The molecule has 3 rings (SSSR count). The van der Waals surface area contributed by atoms with Crippen LogP contribution in [0.2, 0.25) is 0 Å². The number of benzene rings is 1. The number of amides is 1. The Bertz CT molecular complexity index is 654. The van der Waals surface area contributed by atoms with Crippen molar-refractivity contribution < 1.29 is 4.79 Å². The van der Waals surface area contributed by atoms with Gasteiger partial charge in [-0.15, -0.1) is 0 Å². The second-order valence-corrected chi connectivity index (χ2v) is 6.42. The topological polar surface area (TPSA) is 48.5 Å². The van der Waals surface area contributed by atoms with Gasteiger partial charge in [-0.25, -0.2) is 0 Å². The van der Waals surface area contributed by atoms with Crippen molar-refractivity contribution in [2.75, 3.05) is 37.6 Å². The summed E-state index contributed by atoms with van der Waals surface area (Å²) in [6.45, 7) is 6.18. The third kappa shape index (κ3) is 4.79. The molecule has 0 spiro atoms. The molecule has 1 aromatic heterocycles. The average molecular weight is 338 g/mol. The van der Waals surface area contributed by atoms with E-state index in [4.69, 9.17) is 0 Å². The number of hydrogen-bond acceptors (Lipinski definition) is 4. The number of nitrogens with one attached hydrogen (secondary N) is 1. The summed E-state index contributed by atoms with van der Waals surface area (Å²) < 4.78 is 0. The SMILES string of the molecule is C[C@H](NCCC(=O)N1CCN(c2ccccc2)CC1)c1cccnc1. The largest absolute Gasteiger partial charge is 0.368 e. The molecule has 1 fully saturated rings. The zero-order chi connectivity index (χ0) is 17.5. The van der Waals surface area contributed by atoms with Crippen LogP contribution in [0.3, 0.4) is 0 Å². The number of piperazine rings is 1. The standard InChI is InChI=1S/C20H26N4O/c1-17(18-6-5-10-21-16-18)22-11-9-20(25)24-14-12-23(13-15-24)19-7-3-2-4-8-19/h2-8,10,16-17,22H,9,11-15H2,1H3/t17-/m0/s1. The molecule has 2 heterocycles. The number of rotatable bonds is 6. The van der Waals surface area contributed by atoms with E-state index in [1.807, 2.05) is 23.2 Å². The Balaban J connectivity index is 1.39. The maximum atomic E-state index is 12.4. The fraction of sp³-hybridized carbons (Fsp3) is 0.400. The molecule has 1 aromatic carbocycles. The predicted molar refractivity (Wildman–Crippen MR) is 101 cm³/mol. The summed E-state index contributed by atoms with van der Waals surface area (Å²) in [6, 6.07) is 14.6. The normalized spacial score (nSPS) is 15.9. The van der Waals surface area contributed by atoms with Crippen LogP contribution < -0.4 is 10.2 Å². The van der Waals surface area contributed by atoms with Crippen LogP contribution in [0.4, 0.5) is 5.69 Å². The summed E-state index contributed by atoms with van der Waals surface area (Å²) in [5, 5.41) is 3.41. The highest BCUT2D eigenvalue weighted by molar-refractivity contribution is 5.76. The van der Waals surface area contributed by atoms with E-state index in [0.717, 1.165) is 31.7 Å².